The van der Waals surface area contributed by atoms with Gasteiger partial charge in [0.05, 0.1) is 22.2 Å². The number of ether oxygens (including phenoxy) is 1. The Bertz CT molecular complexity index is 1300. The van der Waals surface area contributed by atoms with E-state index >= 15 is 0 Å². The summed E-state index contributed by atoms with van der Waals surface area (Å²) in [6.07, 6.45) is 0. The molecule has 0 aliphatic rings. The maximum absolute atomic E-state index is 12.6. The zero-order valence-corrected chi connectivity index (χ0v) is 18.0. The molecule has 3 aromatic carbocycles. The molecule has 5 nitrogen and oxygen atoms in total. The van der Waals surface area contributed by atoms with Crippen LogP contribution in [0, 0.1) is 6.92 Å². The third-order valence-electron chi connectivity index (χ3n) is 4.43. The summed E-state index contributed by atoms with van der Waals surface area (Å²) in [5, 5.41) is 1.27. The lowest BCUT2D eigenvalue weighted by Gasteiger charge is -2.09. The number of anilines is 1. The van der Waals surface area contributed by atoms with Gasteiger partial charge in [-0.15, -0.1) is 11.3 Å². The van der Waals surface area contributed by atoms with Gasteiger partial charge in [-0.3, -0.25) is 4.72 Å². The second kappa shape index (κ2) is 7.67. The van der Waals surface area contributed by atoms with E-state index in [4.69, 9.17) is 16.3 Å². The van der Waals surface area contributed by atoms with Crippen molar-refractivity contribution in [3.05, 3.63) is 71.2 Å². The average molecular weight is 445 g/mol. The number of sulfonamides is 1. The molecule has 0 aliphatic carbocycles. The SMILES string of the molecule is COc1ccc2nc(-c3ccc(NS(=O)(=O)c4ccc(C)c(Cl)c4)cc3)sc2c1. The number of aryl methyl sites for hydroxylation is 1. The summed E-state index contributed by atoms with van der Waals surface area (Å²) in [6, 6.07) is 17.5. The summed E-state index contributed by atoms with van der Waals surface area (Å²) in [4.78, 5) is 4.76. The van der Waals surface area contributed by atoms with E-state index in [0.29, 0.717) is 10.7 Å². The number of hydrogen-bond acceptors (Lipinski definition) is 5. The second-order valence-corrected chi connectivity index (χ2v) is 9.57. The van der Waals surface area contributed by atoms with Crippen molar-refractivity contribution in [3.8, 4) is 16.3 Å². The van der Waals surface area contributed by atoms with Crippen molar-refractivity contribution in [2.24, 2.45) is 0 Å². The predicted octanol–water partition coefficient (Wildman–Crippen LogP) is 5.73. The lowest BCUT2D eigenvalue weighted by molar-refractivity contribution is 0.415. The zero-order chi connectivity index (χ0) is 20.6. The Morgan fingerprint density at radius 2 is 1.79 bits per heavy atom. The van der Waals surface area contributed by atoms with Gasteiger partial charge in [0.25, 0.3) is 10.0 Å². The van der Waals surface area contributed by atoms with E-state index in [1.54, 1.807) is 36.6 Å². The van der Waals surface area contributed by atoms with Gasteiger partial charge in [-0.2, -0.15) is 0 Å². The molecule has 0 saturated heterocycles. The minimum Gasteiger partial charge on any atom is -0.497 e. The summed E-state index contributed by atoms with van der Waals surface area (Å²) in [7, 11) is -2.09. The summed E-state index contributed by atoms with van der Waals surface area (Å²) in [6.45, 7) is 1.82. The van der Waals surface area contributed by atoms with E-state index < -0.39 is 10.0 Å². The van der Waals surface area contributed by atoms with Gasteiger partial charge in [-0.05, 0) is 67.1 Å². The van der Waals surface area contributed by atoms with Crippen LogP contribution in [0.25, 0.3) is 20.8 Å². The smallest absolute Gasteiger partial charge is 0.261 e. The minimum atomic E-state index is -3.72. The summed E-state index contributed by atoms with van der Waals surface area (Å²) < 4.78 is 34.1. The Labute approximate surface area is 178 Å². The van der Waals surface area contributed by atoms with Gasteiger partial charge in [0.1, 0.15) is 10.8 Å². The first-order valence-corrected chi connectivity index (χ1v) is 11.4. The summed E-state index contributed by atoms with van der Waals surface area (Å²) >= 11 is 7.61. The van der Waals surface area contributed by atoms with E-state index in [-0.39, 0.29) is 4.90 Å². The lowest BCUT2D eigenvalue weighted by Crippen LogP contribution is -2.12. The third kappa shape index (κ3) is 4.07. The molecule has 29 heavy (non-hydrogen) atoms. The number of nitrogens with zero attached hydrogens (tertiary/aromatic N) is 1. The fourth-order valence-corrected chi connectivity index (χ4v) is 5.12. The highest BCUT2D eigenvalue weighted by molar-refractivity contribution is 7.92. The lowest BCUT2D eigenvalue weighted by atomic mass is 10.2. The number of methoxy groups -OCH3 is 1. The number of hydrogen-bond donors (Lipinski definition) is 1. The van der Waals surface area contributed by atoms with Crippen LogP contribution in [-0.2, 0) is 10.0 Å². The molecular weight excluding hydrogens is 428 g/mol. The van der Waals surface area contributed by atoms with Gasteiger partial charge in [0.2, 0.25) is 0 Å². The molecule has 1 N–H and O–H groups in total. The molecule has 0 bridgehead atoms. The molecule has 0 spiro atoms. The first kappa shape index (κ1) is 19.7. The van der Waals surface area contributed by atoms with Gasteiger partial charge in [0, 0.05) is 16.3 Å². The highest BCUT2D eigenvalue weighted by Gasteiger charge is 2.16. The fourth-order valence-electron chi connectivity index (χ4n) is 2.79. The van der Waals surface area contributed by atoms with Crippen LogP contribution in [0.3, 0.4) is 0 Å². The molecule has 0 fully saturated rings. The fraction of sp³-hybridized carbons (Fsp3) is 0.0952. The predicted molar refractivity (Wildman–Crippen MR) is 119 cm³/mol. The van der Waals surface area contributed by atoms with Crippen LogP contribution >= 0.6 is 22.9 Å². The van der Waals surface area contributed by atoms with Gasteiger partial charge >= 0.3 is 0 Å². The van der Waals surface area contributed by atoms with Gasteiger partial charge in [-0.25, -0.2) is 13.4 Å². The molecule has 1 heterocycles. The van der Waals surface area contributed by atoms with Crippen molar-refractivity contribution in [2.75, 3.05) is 11.8 Å². The largest absolute Gasteiger partial charge is 0.497 e. The van der Waals surface area contributed by atoms with Crippen molar-refractivity contribution in [3.63, 3.8) is 0 Å². The van der Waals surface area contributed by atoms with Crippen molar-refractivity contribution >= 4 is 48.9 Å². The maximum Gasteiger partial charge on any atom is 0.261 e. The van der Waals surface area contributed by atoms with E-state index in [9.17, 15) is 8.42 Å². The zero-order valence-electron chi connectivity index (χ0n) is 15.6. The Balaban J connectivity index is 1.58. The van der Waals surface area contributed by atoms with Crippen LogP contribution in [0.1, 0.15) is 5.56 Å². The van der Waals surface area contributed by atoms with Crippen LogP contribution in [-0.4, -0.2) is 20.5 Å². The van der Waals surface area contributed by atoms with Crippen LogP contribution in [0.5, 0.6) is 5.75 Å². The molecule has 0 atom stereocenters. The highest BCUT2D eigenvalue weighted by atomic mass is 35.5. The molecule has 0 radical (unpaired) electrons. The van der Waals surface area contributed by atoms with Crippen molar-refractivity contribution in [1.29, 1.82) is 0 Å². The average Bonchev–Trinajstić information content (AvgIpc) is 3.13. The highest BCUT2D eigenvalue weighted by Crippen LogP contribution is 2.33. The maximum atomic E-state index is 12.6. The molecule has 0 amide bonds. The quantitative estimate of drug-likeness (QED) is 0.426. The Morgan fingerprint density at radius 1 is 1.03 bits per heavy atom. The third-order valence-corrected chi connectivity index (χ3v) is 7.29. The van der Waals surface area contributed by atoms with Crippen molar-refractivity contribution in [1.82, 2.24) is 4.98 Å². The topological polar surface area (TPSA) is 68.3 Å². The van der Waals surface area contributed by atoms with Gasteiger partial charge in [0.15, 0.2) is 0 Å². The van der Waals surface area contributed by atoms with Crippen molar-refractivity contribution < 1.29 is 13.2 Å². The minimum absolute atomic E-state index is 0.122. The van der Waals surface area contributed by atoms with Gasteiger partial charge in [-0.1, -0.05) is 17.7 Å². The van der Waals surface area contributed by atoms with Crippen LogP contribution in [0.4, 0.5) is 5.69 Å². The van der Waals surface area contributed by atoms with E-state index in [0.717, 1.165) is 32.1 Å². The number of benzene rings is 3. The monoisotopic (exact) mass is 444 g/mol. The molecule has 0 unspecified atom stereocenters. The number of fused-ring (bicyclic) bond motifs is 1. The van der Waals surface area contributed by atoms with Gasteiger partial charge < -0.3 is 4.74 Å². The standard InChI is InChI=1S/C21H17ClN2O3S2/c1-13-3-9-17(12-18(13)22)29(25,26)24-15-6-4-14(5-7-15)21-23-19-10-8-16(27-2)11-20(19)28-21/h3-12,24H,1-2H3. The first-order valence-electron chi connectivity index (χ1n) is 8.70. The molecule has 1 aromatic heterocycles. The van der Waals surface area contributed by atoms with E-state index in [1.165, 1.54) is 12.1 Å². The molecule has 4 aromatic rings. The normalized spacial score (nSPS) is 11.6. The number of aromatic nitrogens is 1. The second-order valence-electron chi connectivity index (χ2n) is 6.45. The van der Waals surface area contributed by atoms with Crippen LogP contribution in [0.15, 0.2) is 65.6 Å². The Hall–Kier alpha value is -2.61. The summed E-state index contributed by atoms with van der Waals surface area (Å²) in [5.41, 5.74) is 3.09. The molecule has 0 saturated carbocycles. The molecule has 4 rings (SSSR count). The first-order chi connectivity index (χ1) is 13.9. The van der Waals surface area contributed by atoms with Crippen molar-refractivity contribution in [2.45, 2.75) is 11.8 Å². The Morgan fingerprint density at radius 3 is 2.48 bits per heavy atom. The number of rotatable bonds is 5. The van der Waals surface area contributed by atoms with E-state index in [2.05, 4.69) is 9.71 Å². The molecular formula is C21H17ClN2O3S2. The number of halogens is 1. The number of nitrogens with one attached hydrogen (secondary N) is 1. The number of thiazole rings is 1. The van der Waals surface area contributed by atoms with E-state index in [1.807, 2.05) is 37.3 Å². The molecule has 148 valence electrons. The van der Waals surface area contributed by atoms with Crippen LogP contribution in [0.2, 0.25) is 5.02 Å². The molecule has 8 heteroatoms. The summed E-state index contributed by atoms with van der Waals surface area (Å²) in [5.74, 6) is 0.786. The van der Waals surface area contributed by atoms with Crippen LogP contribution < -0.4 is 9.46 Å². The molecule has 0 aliphatic heterocycles. The Kier molecular flexibility index (Phi) is 5.21.